The minimum absolute atomic E-state index is 0.428. The number of aliphatic carboxylic acids is 1. The van der Waals surface area contributed by atoms with Gasteiger partial charge in [0.1, 0.15) is 5.75 Å². The van der Waals surface area contributed by atoms with Gasteiger partial charge < -0.3 is 14.4 Å². The van der Waals surface area contributed by atoms with E-state index in [1.807, 2.05) is 37.3 Å². The van der Waals surface area contributed by atoms with Crippen LogP contribution in [0.15, 0.2) is 65.2 Å². The van der Waals surface area contributed by atoms with Crippen molar-refractivity contribution in [2.45, 2.75) is 25.9 Å². The van der Waals surface area contributed by atoms with Crippen LogP contribution in [0.1, 0.15) is 22.4 Å². The highest BCUT2D eigenvalue weighted by Gasteiger charge is 2.29. The number of carbonyl (C=O) groups is 1. The average molecular weight is 455 g/mol. The zero-order valence-electron chi connectivity index (χ0n) is 17.6. The predicted molar refractivity (Wildman–Crippen MR) is 116 cm³/mol. The Morgan fingerprint density at radius 2 is 1.79 bits per heavy atom. The summed E-state index contributed by atoms with van der Waals surface area (Å²) in [5.74, 6) is -0.636. The van der Waals surface area contributed by atoms with E-state index in [2.05, 4.69) is 5.16 Å². The minimum Gasteiger partial charge on any atom is -0.481 e. The lowest BCUT2D eigenvalue weighted by molar-refractivity contribution is -0.139. The normalized spacial score (nSPS) is 11.6. The molecular weight excluding hydrogens is 435 g/mol. The Bertz CT molecular complexity index is 1290. The first-order valence-electron chi connectivity index (χ1n) is 10.2. The molecule has 1 aromatic heterocycles. The van der Waals surface area contributed by atoms with Crippen LogP contribution in [0.2, 0.25) is 0 Å². The second-order valence-electron chi connectivity index (χ2n) is 7.70. The van der Waals surface area contributed by atoms with Gasteiger partial charge in [-0.25, -0.2) is 4.79 Å². The summed E-state index contributed by atoms with van der Waals surface area (Å²) in [6.07, 6.45) is -3.10. The Kier molecular flexibility index (Phi) is 6.09. The number of rotatable bonds is 7. The lowest BCUT2D eigenvalue weighted by Gasteiger charge is -2.09. The van der Waals surface area contributed by atoms with Gasteiger partial charge in [-0.05, 0) is 60.2 Å². The molecule has 4 aromatic rings. The van der Waals surface area contributed by atoms with Gasteiger partial charge in [-0.15, -0.1) is 0 Å². The molecule has 4 rings (SSSR count). The molecule has 8 heteroatoms. The molecule has 1 heterocycles. The predicted octanol–water partition coefficient (Wildman–Crippen LogP) is 6.07. The molecule has 0 aliphatic heterocycles. The molecule has 170 valence electrons. The van der Waals surface area contributed by atoms with Crippen LogP contribution in [0, 0.1) is 6.92 Å². The van der Waals surface area contributed by atoms with Crippen molar-refractivity contribution in [3.63, 3.8) is 0 Å². The molecule has 0 aliphatic carbocycles. The third-order valence-electron chi connectivity index (χ3n) is 5.32. The zero-order valence-corrected chi connectivity index (χ0v) is 17.6. The minimum atomic E-state index is -4.36. The van der Waals surface area contributed by atoms with Gasteiger partial charge in [-0.2, -0.15) is 13.2 Å². The Balaban J connectivity index is 1.49. The van der Waals surface area contributed by atoms with Crippen molar-refractivity contribution >= 4 is 16.9 Å². The summed E-state index contributed by atoms with van der Waals surface area (Å²) in [6, 6.07) is 16.2. The van der Waals surface area contributed by atoms with E-state index < -0.39 is 24.3 Å². The molecule has 33 heavy (non-hydrogen) atoms. The van der Waals surface area contributed by atoms with Crippen LogP contribution in [0.5, 0.6) is 5.75 Å². The number of halogens is 3. The number of aryl methyl sites for hydroxylation is 3. The molecule has 0 fully saturated rings. The van der Waals surface area contributed by atoms with Crippen molar-refractivity contribution < 1.29 is 32.3 Å². The lowest BCUT2D eigenvalue weighted by Crippen LogP contribution is -2.10. The fourth-order valence-electron chi connectivity index (χ4n) is 3.62. The SMILES string of the molecule is Cc1cc2c(CCc3cccc(-c4ccc(C(F)(F)F)cc4)c3)noc2cc1OCC(=O)O. The monoisotopic (exact) mass is 455 g/mol. The number of benzene rings is 3. The van der Waals surface area contributed by atoms with Crippen molar-refractivity contribution in [2.24, 2.45) is 0 Å². The summed E-state index contributed by atoms with van der Waals surface area (Å²) in [5.41, 5.74) is 3.93. The van der Waals surface area contributed by atoms with E-state index in [0.29, 0.717) is 29.7 Å². The van der Waals surface area contributed by atoms with Gasteiger partial charge in [0, 0.05) is 11.5 Å². The maximum atomic E-state index is 12.8. The molecule has 1 N–H and O–H groups in total. The number of ether oxygens (including phenoxy) is 1. The number of hydrogen-bond donors (Lipinski definition) is 1. The first-order chi connectivity index (χ1) is 15.7. The summed E-state index contributed by atoms with van der Waals surface area (Å²) in [4.78, 5) is 10.7. The third kappa shape index (κ3) is 5.16. The van der Waals surface area contributed by atoms with Crippen LogP contribution < -0.4 is 4.74 Å². The molecule has 0 atom stereocenters. The molecular formula is C25H20F3NO4. The van der Waals surface area contributed by atoms with Crippen molar-refractivity contribution in [3.8, 4) is 16.9 Å². The van der Waals surface area contributed by atoms with Gasteiger partial charge in [0.15, 0.2) is 12.2 Å². The maximum Gasteiger partial charge on any atom is 0.416 e. The van der Waals surface area contributed by atoms with E-state index in [1.165, 1.54) is 12.1 Å². The summed E-state index contributed by atoms with van der Waals surface area (Å²) < 4.78 is 49.1. The number of fused-ring (bicyclic) bond motifs is 1. The van der Waals surface area contributed by atoms with Crippen LogP contribution in [0.25, 0.3) is 22.1 Å². The molecule has 0 unspecified atom stereocenters. The highest BCUT2D eigenvalue weighted by atomic mass is 19.4. The van der Waals surface area contributed by atoms with Crippen molar-refractivity contribution in [2.75, 3.05) is 6.61 Å². The van der Waals surface area contributed by atoms with Gasteiger partial charge in [-0.3, -0.25) is 0 Å². The molecule has 0 spiro atoms. The number of nitrogens with zero attached hydrogens (tertiary/aromatic N) is 1. The molecule has 3 aromatic carbocycles. The van der Waals surface area contributed by atoms with Gasteiger partial charge in [0.2, 0.25) is 0 Å². The van der Waals surface area contributed by atoms with Crippen LogP contribution >= 0.6 is 0 Å². The second-order valence-corrected chi connectivity index (χ2v) is 7.70. The molecule has 0 radical (unpaired) electrons. The van der Waals surface area contributed by atoms with Gasteiger partial charge in [0.25, 0.3) is 0 Å². The maximum absolute atomic E-state index is 12.8. The van der Waals surface area contributed by atoms with Gasteiger partial charge in [-0.1, -0.05) is 41.6 Å². The smallest absolute Gasteiger partial charge is 0.416 e. The number of carboxylic acid groups (broad SMARTS) is 1. The number of carboxylic acids is 1. The highest BCUT2D eigenvalue weighted by molar-refractivity contribution is 5.82. The topological polar surface area (TPSA) is 72.6 Å². The average Bonchev–Trinajstić information content (AvgIpc) is 3.17. The molecule has 0 saturated heterocycles. The molecule has 0 bridgehead atoms. The first kappa shape index (κ1) is 22.4. The van der Waals surface area contributed by atoms with E-state index >= 15 is 0 Å². The van der Waals surface area contributed by atoms with Gasteiger partial charge in [0.05, 0.1) is 11.3 Å². The Morgan fingerprint density at radius 3 is 2.48 bits per heavy atom. The highest BCUT2D eigenvalue weighted by Crippen LogP contribution is 2.32. The van der Waals surface area contributed by atoms with Crippen LogP contribution in [0.3, 0.4) is 0 Å². The second kappa shape index (κ2) is 8.97. The third-order valence-corrected chi connectivity index (χ3v) is 5.32. The quantitative estimate of drug-likeness (QED) is 0.366. The summed E-state index contributed by atoms with van der Waals surface area (Å²) in [5, 5.41) is 13.8. The van der Waals surface area contributed by atoms with E-state index in [-0.39, 0.29) is 0 Å². The largest absolute Gasteiger partial charge is 0.481 e. The molecule has 5 nitrogen and oxygen atoms in total. The van der Waals surface area contributed by atoms with Crippen molar-refractivity contribution in [3.05, 3.63) is 83.0 Å². The standard InChI is InChI=1S/C25H20F3NO4/c1-15-11-20-21(29-33-23(20)13-22(15)32-14-24(30)31)10-5-16-3-2-4-18(12-16)17-6-8-19(9-7-17)25(26,27)28/h2-4,6-9,11-13H,5,10,14H2,1H3,(H,30,31). The van der Waals surface area contributed by atoms with Crippen LogP contribution in [-0.2, 0) is 23.8 Å². The summed E-state index contributed by atoms with van der Waals surface area (Å²) in [6.45, 7) is 1.38. The van der Waals surface area contributed by atoms with E-state index in [9.17, 15) is 18.0 Å². The summed E-state index contributed by atoms with van der Waals surface area (Å²) in [7, 11) is 0. The zero-order chi connectivity index (χ0) is 23.6. The molecule has 0 amide bonds. The van der Waals surface area contributed by atoms with Crippen molar-refractivity contribution in [1.29, 1.82) is 0 Å². The van der Waals surface area contributed by atoms with Crippen LogP contribution in [-0.4, -0.2) is 22.8 Å². The fourth-order valence-corrected chi connectivity index (χ4v) is 3.62. The Morgan fingerprint density at radius 1 is 1.03 bits per heavy atom. The molecule has 0 aliphatic rings. The summed E-state index contributed by atoms with van der Waals surface area (Å²) >= 11 is 0. The van der Waals surface area contributed by atoms with Crippen molar-refractivity contribution in [1.82, 2.24) is 5.16 Å². The number of hydrogen-bond acceptors (Lipinski definition) is 4. The number of alkyl halides is 3. The van der Waals surface area contributed by atoms with Crippen LogP contribution in [0.4, 0.5) is 13.2 Å². The van der Waals surface area contributed by atoms with E-state index in [0.717, 1.165) is 39.9 Å². The molecule has 0 saturated carbocycles. The van der Waals surface area contributed by atoms with E-state index in [4.69, 9.17) is 14.4 Å². The number of aromatic nitrogens is 1. The van der Waals surface area contributed by atoms with Gasteiger partial charge >= 0.3 is 12.1 Å². The Hall–Kier alpha value is -3.81. The fraction of sp³-hybridized carbons (Fsp3) is 0.200. The Labute approximate surface area is 187 Å². The first-order valence-corrected chi connectivity index (χ1v) is 10.2. The van der Waals surface area contributed by atoms with E-state index in [1.54, 1.807) is 6.07 Å². The lowest BCUT2D eigenvalue weighted by atomic mass is 9.99.